The third-order valence-electron chi connectivity index (χ3n) is 2.40. The van der Waals surface area contributed by atoms with Crippen LogP contribution in [0.1, 0.15) is 21.9 Å². The fourth-order valence-corrected chi connectivity index (χ4v) is 1.50. The fraction of sp³-hybridized carbons (Fsp3) is 0.300. The van der Waals surface area contributed by atoms with E-state index in [4.69, 9.17) is 0 Å². The first kappa shape index (κ1) is 13.1. The fourth-order valence-electron chi connectivity index (χ4n) is 1.50. The van der Waals surface area contributed by atoms with Crippen LogP contribution in [0.15, 0.2) is 12.3 Å². The van der Waals surface area contributed by atoms with E-state index in [9.17, 15) is 18.0 Å². The van der Waals surface area contributed by atoms with Gasteiger partial charge in [0.05, 0.1) is 11.4 Å². The molecule has 0 atom stereocenters. The number of anilines is 1. The van der Waals surface area contributed by atoms with Gasteiger partial charge < -0.3 is 5.32 Å². The van der Waals surface area contributed by atoms with Crippen molar-refractivity contribution in [3.05, 3.63) is 29.3 Å². The van der Waals surface area contributed by atoms with Gasteiger partial charge >= 0.3 is 6.18 Å². The molecule has 0 radical (unpaired) electrons. The predicted molar refractivity (Wildman–Crippen MR) is 59.5 cm³/mol. The Labute approximate surface area is 105 Å². The standard InChI is InChI=1S/C10H10F3N5O/c1-5-7(8(16-15-5)10(11,12)13)14-9(19)6-3-4-18(2)17-6/h3-4H,1-2H3,(H,14,19)(H,15,16). The Hall–Kier alpha value is -2.32. The molecule has 0 bridgehead atoms. The number of hydrogen-bond acceptors (Lipinski definition) is 3. The smallest absolute Gasteiger partial charge is 0.317 e. The highest BCUT2D eigenvalue weighted by Gasteiger charge is 2.38. The molecule has 19 heavy (non-hydrogen) atoms. The number of aryl methyl sites for hydroxylation is 2. The summed E-state index contributed by atoms with van der Waals surface area (Å²) in [6.07, 6.45) is -3.13. The summed E-state index contributed by atoms with van der Waals surface area (Å²) in [5.41, 5.74) is -1.40. The molecule has 0 aromatic carbocycles. The van der Waals surface area contributed by atoms with Gasteiger partial charge in [-0.15, -0.1) is 0 Å². The molecular formula is C10H10F3N5O. The summed E-state index contributed by atoms with van der Waals surface area (Å²) in [4.78, 5) is 11.8. The van der Waals surface area contributed by atoms with Crippen LogP contribution in [0.25, 0.3) is 0 Å². The number of alkyl halides is 3. The maximum absolute atomic E-state index is 12.7. The van der Waals surface area contributed by atoms with Crippen molar-refractivity contribution in [3.63, 3.8) is 0 Å². The zero-order valence-corrected chi connectivity index (χ0v) is 10.0. The molecule has 0 saturated heterocycles. The van der Waals surface area contributed by atoms with Gasteiger partial charge in [-0.05, 0) is 13.0 Å². The van der Waals surface area contributed by atoms with E-state index in [2.05, 4.69) is 20.6 Å². The maximum atomic E-state index is 12.7. The Morgan fingerprint density at radius 2 is 2.16 bits per heavy atom. The number of nitrogens with one attached hydrogen (secondary N) is 2. The first-order valence-electron chi connectivity index (χ1n) is 5.22. The largest absolute Gasteiger partial charge is 0.437 e. The summed E-state index contributed by atoms with van der Waals surface area (Å²) < 4.78 is 39.4. The molecule has 0 saturated carbocycles. The van der Waals surface area contributed by atoms with E-state index in [1.165, 1.54) is 23.9 Å². The van der Waals surface area contributed by atoms with Gasteiger partial charge in [0.15, 0.2) is 11.4 Å². The van der Waals surface area contributed by atoms with Crippen LogP contribution in [0, 0.1) is 6.92 Å². The Morgan fingerprint density at radius 1 is 1.47 bits per heavy atom. The number of amides is 1. The van der Waals surface area contributed by atoms with E-state index in [1.54, 1.807) is 7.05 Å². The van der Waals surface area contributed by atoms with Crippen LogP contribution >= 0.6 is 0 Å². The Bertz CT molecular complexity index is 613. The summed E-state index contributed by atoms with van der Waals surface area (Å²) in [6.45, 7) is 1.39. The third kappa shape index (κ3) is 2.59. The number of nitrogens with zero attached hydrogens (tertiary/aromatic N) is 3. The van der Waals surface area contributed by atoms with Crippen molar-refractivity contribution in [3.8, 4) is 0 Å². The number of carbonyl (C=O) groups is 1. The number of halogens is 3. The lowest BCUT2D eigenvalue weighted by atomic mass is 10.2. The SMILES string of the molecule is Cc1[nH]nc(C(F)(F)F)c1NC(=O)c1ccn(C)n1. The molecule has 0 aliphatic heterocycles. The normalized spacial score (nSPS) is 11.6. The molecule has 102 valence electrons. The molecule has 0 spiro atoms. The van der Waals surface area contributed by atoms with Gasteiger partial charge in [0.2, 0.25) is 0 Å². The second-order valence-electron chi connectivity index (χ2n) is 3.90. The zero-order valence-electron chi connectivity index (χ0n) is 10.0. The second-order valence-corrected chi connectivity index (χ2v) is 3.90. The van der Waals surface area contributed by atoms with Gasteiger partial charge in [-0.25, -0.2) is 0 Å². The highest BCUT2D eigenvalue weighted by Crippen LogP contribution is 2.34. The molecule has 0 aliphatic rings. The Balaban J connectivity index is 2.29. The van der Waals surface area contributed by atoms with E-state index in [1.807, 2.05) is 0 Å². The third-order valence-corrected chi connectivity index (χ3v) is 2.40. The molecule has 2 aromatic rings. The number of H-pyrrole nitrogens is 1. The first-order valence-corrected chi connectivity index (χ1v) is 5.22. The summed E-state index contributed by atoms with van der Waals surface area (Å²) in [7, 11) is 1.60. The molecule has 6 nitrogen and oxygen atoms in total. The van der Waals surface area contributed by atoms with Gasteiger partial charge in [0, 0.05) is 13.2 Å². The molecule has 1 amide bonds. The van der Waals surface area contributed by atoms with Crippen LogP contribution in [-0.4, -0.2) is 25.9 Å². The van der Waals surface area contributed by atoms with E-state index in [0.29, 0.717) is 0 Å². The monoisotopic (exact) mass is 273 g/mol. The highest BCUT2D eigenvalue weighted by molar-refractivity contribution is 6.03. The minimum atomic E-state index is -4.64. The lowest BCUT2D eigenvalue weighted by molar-refractivity contribution is -0.140. The molecule has 0 aliphatic carbocycles. The predicted octanol–water partition coefficient (Wildman–Crippen LogP) is 1.72. The molecule has 2 heterocycles. The molecule has 2 aromatic heterocycles. The highest BCUT2D eigenvalue weighted by atomic mass is 19.4. The number of carbonyl (C=O) groups excluding carboxylic acids is 1. The van der Waals surface area contributed by atoms with Crippen LogP contribution in [0.2, 0.25) is 0 Å². The van der Waals surface area contributed by atoms with Gasteiger partial charge in [0.1, 0.15) is 0 Å². The minimum absolute atomic E-state index is 0.0243. The summed E-state index contributed by atoms with van der Waals surface area (Å²) in [5, 5.41) is 11.3. The quantitative estimate of drug-likeness (QED) is 0.874. The van der Waals surface area contributed by atoms with E-state index < -0.39 is 17.8 Å². The number of rotatable bonds is 2. The molecule has 9 heteroatoms. The zero-order chi connectivity index (χ0) is 14.2. The van der Waals surface area contributed by atoms with E-state index in [0.717, 1.165) is 0 Å². The average Bonchev–Trinajstić information content (AvgIpc) is 2.85. The maximum Gasteiger partial charge on any atom is 0.437 e. The topological polar surface area (TPSA) is 75.6 Å². The molecule has 0 unspecified atom stereocenters. The lowest BCUT2D eigenvalue weighted by Gasteiger charge is -2.07. The number of aromatic amines is 1. The number of aromatic nitrogens is 4. The van der Waals surface area contributed by atoms with Crippen LogP contribution in [-0.2, 0) is 13.2 Å². The van der Waals surface area contributed by atoms with Crippen molar-refractivity contribution >= 4 is 11.6 Å². The van der Waals surface area contributed by atoms with Crippen LogP contribution < -0.4 is 5.32 Å². The molecule has 2 N–H and O–H groups in total. The summed E-state index contributed by atoms with van der Waals surface area (Å²) >= 11 is 0. The van der Waals surface area contributed by atoms with Gasteiger partial charge in [-0.1, -0.05) is 0 Å². The molecular weight excluding hydrogens is 263 g/mol. The second kappa shape index (κ2) is 4.41. The van der Waals surface area contributed by atoms with Gasteiger partial charge in [0.25, 0.3) is 5.91 Å². The van der Waals surface area contributed by atoms with Crippen molar-refractivity contribution in [2.75, 3.05) is 5.32 Å². The van der Waals surface area contributed by atoms with Crippen LogP contribution in [0.4, 0.5) is 18.9 Å². The average molecular weight is 273 g/mol. The van der Waals surface area contributed by atoms with E-state index >= 15 is 0 Å². The molecule has 2 rings (SSSR count). The van der Waals surface area contributed by atoms with Crippen molar-refractivity contribution in [2.45, 2.75) is 13.1 Å². The lowest BCUT2D eigenvalue weighted by Crippen LogP contribution is -2.17. The summed E-state index contributed by atoms with van der Waals surface area (Å²) in [5.74, 6) is -0.726. The van der Waals surface area contributed by atoms with Gasteiger partial charge in [-0.2, -0.15) is 23.4 Å². The summed E-state index contributed by atoms with van der Waals surface area (Å²) in [6, 6.07) is 1.40. The van der Waals surface area contributed by atoms with E-state index in [-0.39, 0.29) is 17.1 Å². The van der Waals surface area contributed by atoms with Crippen molar-refractivity contribution in [1.82, 2.24) is 20.0 Å². The van der Waals surface area contributed by atoms with Crippen molar-refractivity contribution in [1.29, 1.82) is 0 Å². The van der Waals surface area contributed by atoms with Crippen molar-refractivity contribution in [2.24, 2.45) is 7.05 Å². The van der Waals surface area contributed by atoms with Gasteiger partial charge in [-0.3, -0.25) is 14.6 Å². The Kier molecular flexibility index (Phi) is 3.05. The Morgan fingerprint density at radius 3 is 2.68 bits per heavy atom. The first-order chi connectivity index (χ1) is 8.79. The van der Waals surface area contributed by atoms with Crippen LogP contribution in [0.3, 0.4) is 0 Å². The minimum Gasteiger partial charge on any atom is -0.317 e. The number of hydrogen-bond donors (Lipinski definition) is 2. The van der Waals surface area contributed by atoms with Crippen molar-refractivity contribution < 1.29 is 18.0 Å². The van der Waals surface area contributed by atoms with Crippen LogP contribution in [0.5, 0.6) is 0 Å². The molecule has 0 fully saturated rings.